The second-order valence-electron chi connectivity index (χ2n) is 3.97. The zero-order valence-corrected chi connectivity index (χ0v) is 9.16. The van der Waals surface area contributed by atoms with E-state index in [1.54, 1.807) is 4.90 Å². The summed E-state index contributed by atoms with van der Waals surface area (Å²) in [7, 11) is 4.03. The van der Waals surface area contributed by atoms with Gasteiger partial charge in [0, 0.05) is 19.6 Å². The summed E-state index contributed by atoms with van der Waals surface area (Å²) in [4.78, 5) is 15.3. The summed E-state index contributed by atoms with van der Waals surface area (Å²) in [6.07, 6.45) is 3.01. The van der Waals surface area contributed by atoms with Crippen molar-refractivity contribution in [2.24, 2.45) is 0 Å². The number of carbonyl (C=O) groups is 1. The van der Waals surface area contributed by atoms with Gasteiger partial charge in [0.1, 0.15) is 0 Å². The van der Waals surface area contributed by atoms with Crippen LogP contribution in [-0.2, 0) is 4.74 Å². The average Bonchev–Trinajstić information content (AvgIpc) is 2.64. The molecule has 1 rings (SSSR count). The quantitative estimate of drug-likeness (QED) is 0.639. The van der Waals surface area contributed by atoms with Gasteiger partial charge in [-0.15, -0.1) is 0 Å². The number of hydrogen-bond donors (Lipinski definition) is 0. The molecular formula is C10H20N2O2. The molecule has 0 saturated carbocycles. The molecule has 0 N–H and O–H groups in total. The maximum Gasteiger partial charge on any atom is 0.409 e. The highest BCUT2D eigenvalue weighted by atomic mass is 16.6. The smallest absolute Gasteiger partial charge is 0.409 e. The van der Waals surface area contributed by atoms with E-state index in [0.29, 0.717) is 6.61 Å². The molecule has 0 aliphatic carbocycles. The molecule has 0 spiro atoms. The number of rotatable bonds is 4. The minimum absolute atomic E-state index is 0.138. The Morgan fingerprint density at radius 1 is 1.36 bits per heavy atom. The second-order valence-corrected chi connectivity index (χ2v) is 3.97. The van der Waals surface area contributed by atoms with Gasteiger partial charge in [-0.2, -0.15) is 0 Å². The van der Waals surface area contributed by atoms with Crippen molar-refractivity contribution in [3.05, 3.63) is 0 Å². The molecule has 0 atom stereocenters. The Kier molecular flexibility index (Phi) is 4.73. The number of carbonyl (C=O) groups excluding carboxylic acids is 1. The molecule has 0 bridgehead atoms. The third kappa shape index (κ3) is 3.96. The van der Waals surface area contributed by atoms with Crippen LogP contribution < -0.4 is 0 Å². The molecule has 4 heteroatoms. The van der Waals surface area contributed by atoms with Gasteiger partial charge in [-0.1, -0.05) is 0 Å². The van der Waals surface area contributed by atoms with Crippen LogP contribution in [0, 0.1) is 0 Å². The van der Waals surface area contributed by atoms with Crippen LogP contribution in [0.25, 0.3) is 0 Å². The highest BCUT2D eigenvalue weighted by Gasteiger charge is 2.18. The van der Waals surface area contributed by atoms with Gasteiger partial charge >= 0.3 is 6.09 Å². The summed E-state index contributed by atoms with van der Waals surface area (Å²) in [5.74, 6) is 0. The highest BCUT2D eigenvalue weighted by Crippen LogP contribution is 2.08. The number of amides is 1. The number of ether oxygens (including phenoxy) is 1. The second kappa shape index (κ2) is 5.86. The Bertz CT molecular complexity index is 177. The van der Waals surface area contributed by atoms with Crippen LogP contribution in [-0.4, -0.2) is 56.2 Å². The lowest BCUT2D eigenvalue weighted by Gasteiger charge is -2.15. The summed E-state index contributed by atoms with van der Waals surface area (Å²) in [6.45, 7) is 3.24. The molecule has 1 amide bonds. The molecule has 0 aromatic heterocycles. The molecule has 1 saturated heterocycles. The van der Waals surface area contributed by atoms with E-state index < -0.39 is 0 Å². The van der Waals surface area contributed by atoms with Crippen molar-refractivity contribution in [1.82, 2.24) is 9.80 Å². The third-order valence-corrected chi connectivity index (χ3v) is 2.34. The molecule has 1 fully saturated rings. The molecule has 0 aromatic carbocycles. The van der Waals surface area contributed by atoms with Crippen LogP contribution in [0.3, 0.4) is 0 Å². The van der Waals surface area contributed by atoms with Crippen LogP contribution in [0.4, 0.5) is 4.79 Å². The van der Waals surface area contributed by atoms with Crippen LogP contribution in [0.2, 0.25) is 0 Å². The number of likely N-dealkylation sites (tertiary alicyclic amines) is 1. The number of hydrogen-bond acceptors (Lipinski definition) is 3. The maximum atomic E-state index is 11.4. The number of nitrogens with zero attached hydrogens (tertiary/aromatic N) is 2. The molecule has 0 radical (unpaired) electrons. The van der Waals surface area contributed by atoms with Gasteiger partial charge in [0.2, 0.25) is 0 Å². The summed E-state index contributed by atoms with van der Waals surface area (Å²) in [6, 6.07) is 0. The van der Waals surface area contributed by atoms with Gasteiger partial charge in [-0.3, -0.25) is 0 Å². The minimum Gasteiger partial charge on any atom is -0.449 e. The molecule has 82 valence electrons. The van der Waals surface area contributed by atoms with Crippen molar-refractivity contribution in [3.8, 4) is 0 Å². The van der Waals surface area contributed by atoms with Gasteiger partial charge in [0.15, 0.2) is 0 Å². The van der Waals surface area contributed by atoms with Crippen molar-refractivity contribution in [1.29, 1.82) is 0 Å². The van der Waals surface area contributed by atoms with E-state index in [2.05, 4.69) is 4.90 Å². The standard InChI is InChI=1S/C10H20N2O2/c1-11(2)6-5-9-14-10(13)12-7-3-4-8-12/h3-9H2,1-2H3. The van der Waals surface area contributed by atoms with Gasteiger partial charge in [-0.05, 0) is 33.4 Å². The van der Waals surface area contributed by atoms with Crippen LogP contribution >= 0.6 is 0 Å². The molecule has 1 aliphatic rings. The third-order valence-electron chi connectivity index (χ3n) is 2.34. The van der Waals surface area contributed by atoms with E-state index in [9.17, 15) is 4.79 Å². The highest BCUT2D eigenvalue weighted by molar-refractivity contribution is 5.67. The van der Waals surface area contributed by atoms with E-state index in [-0.39, 0.29) is 6.09 Å². The fourth-order valence-electron chi connectivity index (χ4n) is 1.53. The molecule has 0 unspecified atom stereocenters. The van der Waals surface area contributed by atoms with Gasteiger partial charge in [-0.25, -0.2) is 4.79 Å². The minimum atomic E-state index is -0.138. The van der Waals surface area contributed by atoms with Crippen molar-refractivity contribution < 1.29 is 9.53 Å². The van der Waals surface area contributed by atoms with Crippen LogP contribution in [0.1, 0.15) is 19.3 Å². The Labute approximate surface area is 85.8 Å². The predicted molar refractivity (Wildman–Crippen MR) is 55.3 cm³/mol. The predicted octanol–water partition coefficient (Wildman–Crippen LogP) is 1.17. The SMILES string of the molecule is CN(C)CCCOC(=O)N1CCCC1. The molecule has 0 aromatic rings. The van der Waals surface area contributed by atoms with Crippen LogP contribution in [0.5, 0.6) is 0 Å². The topological polar surface area (TPSA) is 32.8 Å². The van der Waals surface area contributed by atoms with E-state index in [1.807, 2.05) is 14.1 Å². The Balaban J connectivity index is 2.03. The van der Waals surface area contributed by atoms with E-state index >= 15 is 0 Å². The fourth-order valence-corrected chi connectivity index (χ4v) is 1.53. The van der Waals surface area contributed by atoms with Crippen molar-refractivity contribution in [2.45, 2.75) is 19.3 Å². The van der Waals surface area contributed by atoms with Gasteiger partial charge in [0.25, 0.3) is 0 Å². The Morgan fingerprint density at radius 3 is 2.57 bits per heavy atom. The summed E-state index contributed by atoms with van der Waals surface area (Å²) < 4.78 is 5.14. The van der Waals surface area contributed by atoms with Crippen molar-refractivity contribution in [2.75, 3.05) is 40.3 Å². The lowest BCUT2D eigenvalue weighted by Crippen LogP contribution is -2.29. The summed E-state index contributed by atoms with van der Waals surface area (Å²) in [5, 5.41) is 0. The first-order valence-corrected chi connectivity index (χ1v) is 5.26. The van der Waals surface area contributed by atoms with E-state index in [4.69, 9.17) is 4.74 Å². The largest absolute Gasteiger partial charge is 0.449 e. The lowest BCUT2D eigenvalue weighted by molar-refractivity contribution is 0.107. The summed E-state index contributed by atoms with van der Waals surface area (Å²) >= 11 is 0. The first-order chi connectivity index (χ1) is 6.70. The van der Waals surface area contributed by atoms with E-state index in [0.717, 1.165) is 38.9 Å². The summed E-state index contributed by atoms with van der Waals surface area (Å²) in [5.41, 5.74) is 0. The zero-order valence-electron chi connectivity index (χ0n) is 9.16. The van der Waals surface area contributed by atoms with Crippen molar-refractivity contribution in [3.63, 3.8) is 0 Å². The Morgan fingerprint density at radius 2 is 2.00 bits per heavy atom. The van der Waals surface area contributed by atoms with Crippen LogP contribution in [0.15, 0.2) is 0 Å². The zero-order chi connectivity index (χ0) is 10.4. The molecule has 14 heavy (non-hydrogen) atoms. The molecule has 1 heterocycles. The van der Waals surface area contributed by atoms with Crippen molar-refractivity contribution >= 4 is 6.09 Å². The first-order valence-electron chi connectivity index (χ1n) is 5.26. The first kappa shape index (κ1) is 11.3. The van der Waals surface area contributed by atoms with E-state index in [1.165, 1.54) is 0 Å². The van der Waals surface area contributed by atoms with Gasteiger partial charge < -0.3 is 14.5 Å². The molecule has 4 nitrogen and oxygen atoms in total. The lowest BCUT2D eigenvalue weighted by atomic mass is 10.4. The molecular weight excluding hydrogens is 180 g/mol. The normalized spacial score (nSPS) is 16.4. The fraction of sp³-hybridized carbons (Fsp3) is 0.900. The molecule has 1 aliphatic heterocycles. The maximum absolute atomic E-state index is 11.4. The monoisotopic (exact) mass is 200 g/mol. The van der Waals surface area contributed by atoms with Gasteiger partial charge in [0.05, 0.1) is 6.61 Å². The average molecular weight is 200 g/mol. The Hall–Kier alpha value is -0.770.